The van der Waals surface area contributed by atoms with Crippen LogP contribution < -0.4 is 10.6 Å². The molecule has 0 aliphatic carbocycles. The summed E-state index contributed by atoms with van der Waals surface area (Å²) in [4.78, 5) is 16.1. The first-order valence-corrected chi connectivity index (χ1v) is 7.91. The standard InChI is InChI=1S/C18H20ClN3O/c1-3-16(18(23)20-4-2)13-7-5-9-15(11-13)22-12-14-8-6-10-21-17(14)19/h3,5-11,22H,4,12H2,1-2H3,(H,20,23). The van der Waals surface area contributed by atoms with Crippen LogP contribution in [0.2, 0.25) is 5.15 Å². The number of carbonyl (C=O) groups excluding carboxylic acids is 1. The Kier molecular flexibility index (Phi) is 6.18. The molecular formula is C18H20ClN3O. The first-order chi connectivity index (χ1) is 11.2. The highest BCUT2D eigenvalue weighted by atomic mass is 35.5. The Morgan fingerprint density at radius 2 is 2.13 bits per heavy atom. The van der Waals surface area contributed by atoms with E-state index >= 15 is 0 Å². The highest BCUT2D eigenvalue weighted by Crippen LogP contribution is 2.20. The maximum Gasteiger partial charge on any atom is 0.251 e. The van der Waals surface area contributed by atoms with E-state index in [0.717, 1.165) is 16.8 Å². The fraction of sp³-hybridized carbons (Fsp3) is 0.222. The molecule has 5 heteroatoms. The fourth-order valence-electron chi connectivity index (χ4n) is 2.23. The molecule has 0 aliphatic rings. The number of hydrogen-bond donors (Lipinski definition) is 2. The number of allylic oxidation sites excluding steroid dienone is 1. The van der Waals surface area contributed by atoms with Crippen molar-refractivity contribution in [3.63, 3.8) is 0 Å². The minimum absolute atomic E-state index is 0.0672. The first kappa shape index (κ1) is 17.0. The molecule has 4 nitrogen and oxygen atoms in total. The van der Waals surface area contributed by atoms with Crippen LogP contribution in [-0.2, 0) is 11.3 Å². The van der Waals surface area contributed by atoms with Gasteiger partial charge in [-0.2, -0.15) is 0 Å². The molecule has 1 heterocycles. The van der Waals surface area contributed by atoms with E-state index in [4.69, 9.17) is 11.6 Å². The van der Waals surface area contributed by atoms with Gasteiger partial charge in [0.2, 0.25) is 0 Å². The third-order valence-corrected chi connectivity index (χ3v) is 3.70. The summed E-state index contributed by atoms with van der Waals surface area (Å²) in [5.74, 6) is -0.0672. The van der Waals surface area contributed by atoms with Gasteiger partial charge in [-0.3, -0.25) is 4.79 Å². The molecule has 0 bridgehead atoms. The fourth-order valence-corrected chi connectivity index (χ4v) is 2.42. The highest BCUT2D eigenvalue weighted by molar-refractivity contribution is 6.30. The zero-order chi connectivity index (χ0) is 16.7. The topological polar surface area (TPSA) is 54.0 Å². The van der Waals surface area contributed by atoms with Crippen molar-refractivity contribution in [2.75, 3.05) is 11.9 Å². The third-order valence-electron chi connectivity index (χ3n) is 3.36. The van der Waals surface area contributed by atoms with Crippen LogP contribution in [-0.4, -0.2) is 17.4 Å². The number of likely N-dealkylation sites (N-methyl/N-ethyl adjacent to an activating group) is 1. The summed E-state index contributed by atoms with van der Waals surface area (Å²) >= 11 is 6.06. The molecule has 0 unspecified atom stereocenters. The minimum Gasteiger partial charge on any atom is -0.381 e. The number of rotatable bonds is 6. The van der Waals surface area contributed by atoms with E-state index in [-0.39, 0.29) is 5.91 Å². The summed E-state index contributed by atoms with van der Waals surface area (Å²) in [5.41, 5.74) is 3.39. The van der Waals surface area contributed by atoms with E-state index in [1.165, 1.54) is 0 Å². The number of carbonyl (C=O) groups is 1. The Bertz CT molecular complexity index is 713. The predicted octanol–water partition coefficient (Wildman–Crippen LogP) is 3.89. The molecule has 0 radical (unpaired) electrons. The quantitative estimate of drug-likeness (QED) is 0.624. The van der Waals surface area contributed by atoms with Crippen LogP contribution in [0.15, 0.2) is 48.7 Å². The van der Waals surface area contributed by atoms with Crippen LogP contribution in [0.3, 0.4) is 0 Å². The molecule has 0 spiro atoms. The molecule has 1 aromatic heterocycles. The maximum absolute atomic E-state index is 12.1. The van der Waals surface area contributed by atoms with Crippen molar-refractivity contribution in [1.82, 2.24) is 10.3 Å². The zero-order valence-corrected chi connectivity index (χ0v) is 14.0. The van der Waals surface area contributed by atoms with Crippen LogP contribution in [0.25, 0.3) is 5.57 Å². The third kappa shape index (κ3) is 4.57. The van der Waals surface area contributed by atoms with E-state index in [1.54, 1.807) is 6.20 Å². The molecule has 23 heavy (non-hydrogen) atoms. The minimum atomic E-state index is -0.0672. The summed E-state index contributed by atoms with van der Waals surface area (Å²) in [6, 6.07) is 11.5. The lowest BCUT2D eigenvalue weighted by atomic mass is 10.0. The Hall–Kier alpha value is -2.33. The number of benzene rings is 1. The number of hydrogen-bond acceptors (Lipinski definition) is 3. The van der Waals surface area contributed by atoms with Crippen molar-refractivity contribution in [2.24, 2.45) is 0 Å². The van der Waals surface area contributed by atoms with E-state index in [1.807, 2.05) is 56.3 Å². The van der Waals surface area contributed by atoms with Gasteiger partial charge in [0.25, 0.3) is 5.91 Å². The number of halogens is 1. The molecule has 1 amide bonds. The first-order valence-electron chi connectivity index (χ1n) is 7.54. The van der Waals surface area contributed by atoms with Gasteiger partial charge in [0.05, 0.1) is 0 Å². The Morgan fingerprint density at radius 3 is 2.83 bits per heavy atom. The second kappa shape index (κ2) is 8.34. The van der Waals surface area contributed by atoms with E-state index in [9.17, 15) is 4.79 Å². The zero-order valence-electron chi connectivity index (χ0n) is 13.3. The van der Waals surface area contributed by atoms with Crippen molar-refractivity contribution in [1.29, 1.82) is 0 Å². The van der Waals surface area contributed by atoms with Gasteiger partial charge in [0.15, 0.2) is 0 Å². The lowest BCUT2D eigenvalue weighted by molar-refractivity contribution is -0.115. The summed E-state index contributed by atoms with van der Waals surface area (Å²) in [6.45, 7) is 4.94. The van der Waals surface area contributed by atoms with Gasteiger partial charge in [0, 0.05) is 36.1 Å². The number of nitrogens with zero attached hydrogens (tertiary/aromatic N) is 1. The number of nitrogens with one attached hydrogen (secondary N) is 2. The Labute approximate surface area is 141 Å². The molecule has 1 aromatic carbocycles. The van der Waals surface area contributed by atoms with Crippen molar-refractivity contribution in [3.05, 3.63) is 65.0 Å². The molecular weight excluding hydrogens is 310 g/mol. The van der Waals surface area contributed by atoms with E-state index in [0.29, 0.717) is 23.8 Å². The molecule has 0 aliphatic heterocycles. The van der Waals surface area contributed by atoms with Crippen LogP contribution in [0.1, 0.15) is 25.0 Å². The summed E-state index contributed by atoms with van der Waals surface area (Å²) in [6.07, 6.45) is 3.49. The second-order valence-electron chi connectivity index (χ2n) is 4.95. The number of aromatic nitrogens is 1. The summed E-state index contributed by atoms with van der Waals surface area (Å²) < 4.78 is 0. The van der Waals surface area contributed by atoms with Crippen LogP contribution in [0.5, 0.6) is 0 Å². The largest absolute Gasteiger partial charge is 0.381 e. The Balaban J connectivity index is 2.13. The van der Waals surface area contributed by atoms with Crippen LogP contribution in [0, 0.1) is 0 Å². The van der Waals surface area contributed by atoms with E-state index in [2.05, 4.69) is 15.6 Å². The van der Waals surface area contributed by atoms with Crippen molar-refractivity contribution in [2.45, 2.75) is 20.4 Å². The molecule has 2 N–H and O–H groups in total. The average Bonchev–Trinajstić information content (AvgIpc) is 2.55. The smallest absolute Gasteiger partial charge is 0.251 e. The van der Waals surface area contributed by atoms with Crippen molar-refractivity contribution < 1.29 is 4.79 Å². The molecule has 120 valence electrons. The van der Waals surface area contributed by atoms with Gasteiger partial charge in [-0.25, -0.2) is 4.98 Å². The highest BCUT2D eigenvalue weighted by Gasteiger charge is 2.10. The molecule has 0 atom stereocenters. The van der Waals surface area contributed by atoms with Gasteiger partial charge in [-0.1, -0.05) is 35.9 Å². The lowest BCUT2D eigenvalue weighted by Crippen LogP contribution is -2.23. The normalized spacial score (nSPS) is 11.2. The predicted molar refractivity (Wildman–Crippen MR) is 95.4 cm³/mol. The maximum atomic E-state index is 12.1. The summed E-state index contributed by atoms with van der Waals surface area (Å²) in [7, 11) is 0. The van der Waals surface area contributed by atoms with Crippen molar-refractivity contribution in [3.8, 4) is 0 Å². The van der Waals surface area contributed by atoms with Crippen LogP contribution >= 0.6 is 11.6 Å². The molecule has 0 saturated heterocycles. The van der Waals surface area contributed by atoms with E-state index < -0.39 is 0 Å². The Morgan fingerprint density at radius 1 is 1.30 bits per heavy atom. The second-order valence-corrected chi connectivity index (χ2v) is 5.31. The molecule has 2 rings (SSSR count). The number of anilines is 1. The van der Waals surface area contributed by atoms with Crippen LogP contribution in [0.4, 0.5) is 5.69 Å². The van der Waals surface area contributed by atoms with Gasteiger partial charge in [-0.05, 0) is 37.6 Å². The summed E-state index contributed by atoms with van der Waals surface area (Å²) in [5, 5.41) is 6.63. The number of amides is 1. The molecule has 2 aromatic rings. The lowest BCUT2D eigenvalue weighted by Gasteiger charge is -2.11. The van der Waals surface area contributed by atoms with Gasteiger partial charge in [-0.15, -0.1) is 0 Å². The molecule has 0 saturated carbocycles. The SMILES string of the molecule is CC=C(C(=O)NCC)c1cccc(NCc2cccnc2Cl)c1. The molecule has 0 fully saturated rings. The average molecular weight is 330 g/mol. The van der Waals surface area contributed by atoms with Crippen molar-refractivity contribution >= 4 is 28.8 Å². The van der Waals surface area contributed by atoms with Gasteiger partial charge in [0.1, 0.15) is 5.15 Å². The van der Waals surface area contributed by atoms with Gasteiger partial charge < -0.3 is 10.6 Å². The monoisotopic (exact) mass is 329 g/mol. The van der Waals surface area contributed by atoms with Gasteiger partial charge >= 0.3 is 0 Å². The number of pyridine rings is 1.